The number of thiazole rings is 1. The van der Waals surface area contributed by atoms with Crippen LogP contribution in [0.3, 0.4) is 0 Å². The lowest BCUT2D eigenvalue weighted by Gasteiger charge is -2.07. The summed E-state index contributed by atoms with van der Waals surface area (Å²) in [4.78, 5) is 23.5. The summed E-state index contributed by atoms with van der Waals surface area (Å²) in [6.07, 6.45) is 2.77. The summed E-state index contributed by atoms with van der Waals surface area (Å²) in [6.45, 7) is 0.255. The third kappa shape index (κ3) is 3.55. The van der Waals surface area contributed by atoms with Gasteiger partial charge in [0.25, 0.3) is 0 Å². The fraction of sp³-hybridized carbons (Fsp3) is 0.118. The average Bonchev–Trinajstić information content (AvgIpc) is 3.34. The summed E-state index contributed by atoms with van der Waals surface area (Å²) in [7, 11) is 1.59. The highest BCUT2D eigenvalue weighted by molar-refractivity contribution is 7.22. The first kappa shape index (κ1) is 17.7. The smallest absolute Gasteiger partial charge is 0.353 e. The summed E-state index contributed by atoms with van der Waals surface area (Å²) in [5, 5.41) is 17.9. The molecule has 0 saturated heterocycles. The van der Waals surface area contributed by atoms with Crippen molar-refractivity contribution in [2.45, 2.75) is 6.54 Å². The molecule has 0 atom stereocenters. The predicted octanol–water partition coefficient (Wildman–Crippen LogP) is 3.95. The van der Waals surface area contributed by atoms with Crippen LogP contribution in [0, 0.1) is 10.1 Å². The Labute approximate surface area is 162 Å². The maximum atomic E-state index is 11.6. The first-order valence-electron chi connectivity index (χ1n) is 8.11. The van der Waals surface area contributed by atoms with Gasteiger partial charge in [-0.05, 0) is 30.3 Å². The lowest BCUT2D eigenvalue weighted by atomic mass is 10.3. The van der Waals surface area contributed by atoms with Crippen LogP contribution in [0.2, 0.25) is 0 Å². The number of furan rings is 1. The second-order valence-electron chi connectivity index (χ2n) is 5.59. The summed E-state index contributed by atoms with van der Waals surface area (Å²) in [5.74, 6) is 1.47. The maximum absolute atomic E-state index is 11.6. The van der Waals surface area contributed by atoms with Crippen molar-refractivity contribution >= 4 is 44.0 Å². The van der Waals surface area contributed by atoms with Crippen molar-refractivity contribution < 1.29 is 14.1 Å². The standard InChI is InChI=1S/C17H14N6O4S/c1-26-10-4-5-12-13(7-10)28-17(21-12)22-16-14(23(24)25)15(19-9-20-16)18-8-11-3-2-6-27-11/h2-7,9H,8H2,1H3,(H2,18,19,20,21,22). The molecule has 11 heteroatoms. The fourth-order valence-corrected chi connectivity index (χ4v) is 3.44. The van der Waals surface area contributed by atoms with E-state index in [9.17, 15) is 10.1 Å². The molecule has 142 valence electrons. The largest absolute Gasteiger partial charge is 0.497 e. The van der Waals surface area contributed by atoms with Crippen LogP contribution < -0.4 is 15.4 Å². The van der Waals surface area contributed by atoms with Gasteiger partial charge in [-0.3, -0.25) is 10.1 Å². The van der Waals surface area contributed by atoms with Gasteiger partial charge < -0.3 is 19.8 Å². The Morgan fingerprint density at radius 3 is 2.89 bits per heavy atom. The van der Waals surface area contributed by atoms with Gasteiger partial charge in [-0.1, -0.05) is 11.3 Å². The Morgan fingerprint density at radius 2 is 2.14 bits per heavy atom. The average molecular weight is 398 g/mol. The number of hydrogen-bond donors (Lipinski definition) is 2. The van der Waals surface area contributed by atoms with E-state index in [0.717, 1.165) is 10.2 Å². The number of fused-ring (bicyclic) bond motifs is 1. The van der Waals surface area contributed by atoms with Gasteiger partial charge in [0.2, 0.25) is 11.6 Å². The summed E-state index contributed by atoms with van der Waals surface area (Å²) in [5.41, 5.74) is 0.479. The zero-order chi connectivity index (χ0) is 19.5. The van der Waals surface area contributed by atoms with Gasteiger partial charge in [-0.25, -0.2) is 15.0 Å². The van der Waals surface area contributed by atoms with E-state index >= 15 is 0 Å². The first-order valence-corrected chi connectivity index (χ1v) is 8.93. The van der Waals surface area contributed by atoms with Crippen molar-refractivity contribution in [3.63, 3.8) is 0 Å². The number of nitro groups is 1. The molecule has 3 heterocycles. The number of ether oxygens (including phenoxy) is 1. The molecule has 1 aromatic carbocycles. The van der Waals surface area contributed by atoms with Crippen molar-refractivity contribution in [2.24, 2.45) is 0 Å². The number of methoxy groups -OCH3 is 1. The van der Waals surface area contributed by atoms with Crippen molar-refractivity contribution in [3.8, 4) is 5.75 Å². The molecule has 2 N–H and O–H groups in total. The Morgan fingerprint density at radius 1 is 1.29 bits per heavy atom. The zero-order valence-corrected chi connectivity index (χ0v) is 15.4. The van der Waals surface area contributed by atoms with Crippen molar-refractivity contribution in [2.75, 3.05) is 17.7 Å². The highest BCUT2D eigenvalue weighted by Gasteiger charge is 2.24. The second kappa shape index (κ2) is 7.48. The zero-order valence-electron chi connectivity index (χ0n) is 14.6. The number of rotatable bonds is 7. The molecule has 0 saturated carbocycles. The van der Waals surface area contributed by atoms with Crippen LogP contribution in [0.25, 0.3) is 10.2 Å². The van der Waals surface area contributed by atoms with E-state index in [1.54, 1.807) is 25.3 Å². The maximum Gasteiger partial charge on any atom is 0.353 e. The molecular weight excluding hydrogens is 384 g/mol. The summed E-state index contributed by atoms with van der Waals surface area (Å²) < 4.78 is 11.3. The number of benzene rings is 1. The summed E-state index contributed by atoms with van der Waals surface area (Å²) >= 11 is 1.34. The van der Waals surface area contributed by atoms with Crippen LogP contribution >= 0.6 is 11.3 Å². The molecule has 0 unspecified atom stereocenters. The van der Waals surface area contributed by atoms with Gasteiger partial charge in [-0.2, -0.15) is 0 Å². The van der Waals surface area contributed by atoms with E-state index < -0.39 is 4.92 Å². The molecule has 10 nitrogen and oxygen atoms in total. The van der Waals surface area contributed by atoms with Crippen molar-refractivity contribution in [1.29, 1.82) is 0 Å². The van der Waals surface area contributed by atoms with Crippen LogP contribution in [-0.2, 0) is 6.54 Å². The molecular formula is C17H14N6O4S. The molecule has 0 spiro atoms. The van der Waals surface area contributed by atoms with E-state index in [0.29, 0.717) is 16.6 Å². The molecule has 0 aliphatic heterocycles. The fourth-order valence-electron chi connectivity index (χ4n) is 2.54. The van der Waals surface area contributed by atoms with Crippen LogP contribution in [0.4, 0.5) is 22.5 Å². The third-order valence-electron chi connectivity index (χ3n) is 3.84. The molecule has 4 rings (SSSR count). The SMILES string of the molecule is COc1ccc2nc(Nc3ncnc(NCc4ccco4)c3[N+](=O)[O-])sc2c1. The quantitative estimate of drug-likeness (QED) is 0.351. The number of hydrogen-bond acceptors (Lipinski definition) is 10. The van der Waals surface area contributed by atoms with Gasteiger partial charge in [0, 0.05) is 0 Å². The monoisotopic (exact) mass is 398 g/mol. The van der Waals surface area contributed by atoms with Crippen LogP contribution in [0.1, 0.15) is 5.76 Å². The van der Waals surface area contributed by atoms with Gasteiger partial charge in [0.05, 0.1) is 35.1 Å². The first-order chi connectivity index (χ1) is 13.6. The molecule has 0 bridgehead atoms. The highest BCUT2D eigenvalue weighted by Crippen LogP contribution is 2.35. The Hall–Kier alpha value is -3.73. The van der Waals surface area contributed by atoms with E-state index in [2.05, 4.69) is 25.6 Å². The van der Waals surface area contributed by atoms with Gasteiger partial charge >= 0.3 is 5.69 Å². The molecule has 0 aliphatic rings. The molecule has 28 heavy (non-hydrogen) atoms. The minimum atomic E-state index is -0.539. The highest BCUT2D eigenvalue weighted by atomic mass is 32.1. The number of aromatic nitrogens is 3. The van der Waals surface area contributed by atoms with Crippen molar-refractivity contribution in [3.05, 3.63) is 58.8 Å². The number of anilines is 3. The molecule has 0 aliphatic carbocycles. The van der Waals surface area contributed by atoms with E-state index in [-0.39, 0.29) is 23.9 Å². The molecule has 4 aromatic rings. The Balaban J connectivity index is 1.63. The minimum absolute atomic E-state index is 0.0490. The van der Waals surface area contributed by atoms with E-state index in [1.807, 2.05) is 12.1 Å². The van der Waals surface area contributed by atoms with Gasteiger partial charge in [0.1, 0.15) is 17.8 Å². The Kier molecular flexibility index (Phi) is 4.72. The normalized spacial score (nSPS) is 10.8. The number of nitrogens with one attached hydrogen (secondary N) is 2. The van der Waals surface area contributed by atoms with Crippen molar-refractivity contribution in [1.82, 2.24) is 15.0 Å². The van der Waals surface area contributed by atoms with E-state index in [4.69, 9.17) is 9.15 Å². The topological polar surface area (TPSA) is 128 Å². The lowest BCUT2D eigenvalue weighted by Crippen LogP contribution is -2.07. The third-order valence-corrected chi connectivity index (χ3v) is 4.77. The van der Waals surface area contributed by atoms with E-state index in [1.165, 1.54) is 23.9 Å². The van der Waals surface area contributed by atoms with Crippen LogP contribution in [0.15, 0.2) is 47.3 Å². The molecule has 3 aromatic heterocycles. The summed E-state index contributed by atoms with van der Waals surface area (Å²) in [6, 6.07) is 8.97. The molecule has 0 amide bonds. The van der Waals surface area contributed by atoms with Crippen LogP contribution in [-0.4, -0.2) is 27.0 Å². The lowest BCUT2D eigenvalue weighted by molar-refractivity contribution is -0.383. The van der Waals surface area contributed by atoms with Crippen LogP contribution in [0.5, 0.6) is 5.75 Å². The number of nitrogens with zero attached hydrogens (tertiary/aromatic N) is 4. The predicted molar refractivity (Wildman–Crippen MR) is 104 cm³/mol. The van der Waals surface area contributed by atoms with Gasteiger partial charge in [0.15, 0.2) is 5.13 Å². The van der Waals surface area contributed by atoms with Gasteiger partial charge in [-0.15, -0.1) is 0 Å². The minimum Gasteiger partial charge on any atom is -0.497 e. The molecule has 0 fully saturated rings. The Bertz CT molecular complexity index is 1130. The second-order valence-corrected chi connectivity index (χ2v) is 6.62. The molecule has 0 radical (unpaired) electrons.